The Kier molecular flexibility index (Phi) is 2.99. The van der Waals surface area contributed by atoms with Gasteiger partial charge in [0.05, 0.1) is 12.2 Å². The number of hydrogen-bond donors (Lipinski definition) is 1. The highest BCUT2D eigenvalue weighted by atomic mass is 16.3. The predicted molar refractivity (Wildman–Crippen MR) is 26.4 cm³/mol. The fourth-order valence-corrected chi connectivity index (χ4v) is 0.182. The lowest BCUT2D eigenvalue weighted by Crippen LogP contribution is -1.90. The zero-order chi connectivity index (χ0) is 5.70. The van der Waals surface area contributed by atoms with Crippen LogP contribution in [-0.4, -0.2) is 11.2 Å². The van der Waals surface area contributed by atoms with E-state index in [1.165, 1.54) is 12.2 Å². The van der Waals surface area contributed by atoms with Gasteiger partial charge in [-0.2, -0.15) is 5.26 Å². The highest BCUT2D eigenvalue weighted by molar-refractivity contribution is 5.03. The van der Waals surface area contributed by atoms with Crippen LogP contribution in [0.4, 0.5) is 0 Å². The number of allylic oxidation sites excluding steroid dienone is 1. The van der Waals surface area contributed by atoms with Crippen molar-refractivity contribution in [3.63, 3.8) is 0 Å². The molecular weight excluding hydrogens is 90.1 g/mol. The van der Waals surface area contributed by atoms with Crippen LogP contribution in [0.1, 0.15) is 6.92 Å². The highest BCUT2D eigenvalue weighted by Gasteiger charge is 1.80. The SMILES string of the molecule is CC(O)/C=C/C#N. The van der Waals surface area contributed by atoms with Crippen molar-refractivity contribution >= 4 is 0 Å². The summed E-state index contributed by atoms with van der Waals surface area (Å²) in [6, 6.07) is 1.76. The fourth-order valence-electron chi connectivity index (χ4n) is 0.182. The van der Waals surface area contributed by atoms with E-state index in [0.29, 0.717) is 0 Å². The summed E-state index contributed by atoms with van der Waals surface area (Å²) in [7, 11) is 0. The molecule has 0 spiro atoms. The lowest BCUT2D eigenvalue weighted by Gasteiger charge is -1.86. The van der Waals surface area contributed by atoms with Gasteiger partial charge in [-0.1, -0.05) is 0 Å². The van der Waals surface area contributed by atoms with E-state index in [2.05, 4.69) is 0 Å². The van der Waals surface area contributed by atoms with Crippen molar-refractivity contribution in [1.29, 1.82) is 5.26 Å². The molecule has 2 nitrogen and oxygen atoms in total. The Morgan fingerprint density at radius 2 is 2.43 bits per heavy atom. The topological polar surface area (TPSA) is 44.0 Å². The average molecular weight is 97.1 g/mol. The van der Waals surface area contributed by atoms with Crippen LogP contribution in [0.5, 0.6) is 0 Å². The first kappa shape index (κ1) is 6.19. The van der Waals surface area contributed by atoms with Crippen molar-refractivity contribution in [2.45, 2.75) is 13.0 Å². The summed E-state index contributed by atoms with van der Waals surface area (Å²) >= 11 is 0. The van der Waals surface area contributed by atoms with Crippen molar-refractivity contribution < 1.29 is 5.11 Å². The number of aliphatic hydroxyl groups is 1. The Bertz CT molecular complexity index is 99.1. The van der Waals surface area contributed by atoms with E-state index in [1.807, 2.05) is 0 Å². The first-order valence-electron chi connectivity index (χ1n) is 2.01. The van der Waals surface area contributed by atoms with Gasteiger partial charge in [-0.05, 0) is 13.0 Å². The normalized spacial score (nSPS) is 13.9. The summed E-state index contributed by atoms with van der Waals surface area (Å²) in [6.07, 6.45) is 2.17. The van der Waals surface area contributed by atoms with Gasteiger partial charge in [0.1, 0.15) is 0 Å². The molecule has 0 rings (SSSR count). The minimum absolute atomic E-state index is 0.500. The van der Waals surface area contributed by atoms with Crippen LogP contribution < -0.4 is 0 Å². The van der Waals surface area contributed by atoms with Crippen LogP contribution >= 0.6 is 0 Å². The molecule has 0 amide bonds. The summed E-state index contributed by atoms with van der Waals surface area (Å²) in [6.45, 7) is 1.59. The zero-order valence-electron chi connectivity index (χ0n) is 4.13. The Balaban J connectivity index is 3.31. The third-order valence-electron chi connectivity index (χ3n) is 0.449. The maximum Gasteiger partial charge on any atom is 0.0909 e. The summed E-state index contributed by atoms with van der Waals surface area (Å²) in [5, 5.41) is 16.3. The highest BCUT2D eigenvalue weighted by Crippen LogP contribution is 1.78. The van der Waals surface area contributed by atoms with Gasteiger partial charge in [0.15, 0.2) is 0 Å². The maximum absolute atomic E-state index is 8.45. The van der Waals surface area contributed by atoms with Crippen LogP contribution in [0.3, 0.4) is 0 Å². The molecule has 0 saturated carbocycles. The summed E-state index contributed by atoms with van der Waals surface area (Å²) < 4.78 is 0. The average Bonchev–Trinajstić information content (AvgIpc) is 1.61. The van der Waals surface area contributed by atoms with Crippen LogP contribution in [0, 0.1) is 11.3 Å². The van der Waals surface area contributed by atoms with E-state index in [9.17, 15) is 0 Å². The third-order valence-corrected chi connectivity index (χ3v) is 0.449. The molecule has 0 bridgehead atoms. The lowest BCUT2D eigenvalue weighted by molar-refractivity contribution is 0.244. The molecule has 0 aromatic carbocycles. The monoisotopic (exact) mass is 97.1 g/mol. The quantitative estimate of drug-likeness (QED) is 0.483. The molecule has 38 valence electrons. The number of rotatable bonds is 1. The van der Waals surface area contributed by atoms with E-state index in [1.54, 1.807) is 13.0 Å². The predicted octanol–water partition coefficient (Wildman–Crippen LogP) is 0.447. The van der Waals surface area contributed by atoms with Gasteiger partial charge in [0, 0.05) is 6.08 Å². The van der Waals surface area contributed by atoms with Crippen molar-refractivity contribution in [2.24, 2.45) is 0 Å². The van der Waals surface area contributed by atoms with Crippen LogP contribution in [0.25, 0.3) is 0 Å². The zero-order valence-corrected chi connectivity index (χ0v) is 4.13. The second-order valence-corrected chi connectivity index (χ2v) is 1.23. The molecule has 0 aliphatic carbocycles. The molecule has 2 heteroatoms. The minimum Gasteiger partial charge on any atom is -0.389 e. The van der Waals surface area contributed by atoms with Gasteiger partial charge >= 0.3 is 0 Å². The second-order valence-electron chi connectivity index (χ2n) is 1.23. The molecule has 0 saturated heterocycles. The minimum atomic E-state index is -0.500. The summed E-state index contributed by atoms with van der Waals surface area (Å²) in [5.41, 5.74) is 0. The van der Waals surface area contributed by atoms with Gasteiger partial charge < -0.3 is 5.11 Å². The molecular formula is C5H7NO. The summed E-state index contributed by atoms with van der Waals surface area (Å²) in [5.74, 6) is 0. The van der Waals surface area contributed by atoms with Crippen molar-refractivity contribution in [2.75, 3.05) is 0 Å². The van der Waals surface area contributed by atoms with Crippen molar-refractivity contribution in [3.8, 4) is 6.07 Å². The number of hydrogen-bond acceptors (Lipinski definition) is 2. The van der Waals surface area contributed by atoms with Crippen LogP contribution in [0.15, 0.2) is 12.2 Å². The lowest BCUT2D eigenvalue weighted by atomic mass is 10.4. The van der Waals surface area contributed by atoms with Gasteiger partial charge in [-0.15, -0.1) is 0 Å². The van der Waals surface area contributed by atoms with Crippen LogP contribution in [0.2, 0.25) is 0 Å². The standard InChI is InChI=1S/C5H7NO/c1-5(7)3-2-4-6/h2-3,5,7H,1H3/b3-2+. The van der Waals surface area contributed by atoms with Gasteiger partial charge in [-0.3, -0.25) is 0 Å². The fraction of sp³-hybridized carbons (Fsp3) is 0.400. The third kappa shape index (κ3) is 5.19. The Morgan fingerprint density at radius 1 is 1.86 bits per heavy atom. The smallest absolute Gasteiger partial charge is 0.0909 e. The van der Waals surface area contributed by atoms with E-state index in [-0.39, 0.29) is 0 Å². The van der Waals surface area contributed by atoms with E-state index in [4.69, 9.17) is 10.4 Å². The largest absolute Gasteiger partial charge is 0.389 e. The summed E-state index contributed by atoms with van der Waals surface area (Å²) in [4.78, 5) is 0. The number of nitriles is 1. The molecule has 0 radical (unpaired) electrons. The first-order chi connectivity index (χ1) is 3.27. The molecule has 1 N–H and O–H groups in total. The van der Waals surface area contributed by atoms with Gasteiger partial charge in [0.25, 0.3) is 0 Å². The van der Waals surface area contributed by atoms with Gasteiger partial charge in [0.2, 0.25) is 0 Å². The molecule has 1 unspecified atom stereocenters. The number of nitrogens with zero attached hydrogens (tertiary/aromatic N) is 1. The van der Waals surface area contributed by atoms with Crippen molar-refractivity contribution in [1.82, 2.24) is 0 Å². The molecule has 0 aromatic heterocycles. The molecule has 1 atom stereocenters. The van der Waals surface area contributed by atoms with E-state index in [0.717, 1.165) is 0 Å². The molecule has 0 heterocycles. The molecule has 0 aromatic rings. The van der Waals surface area contributed by atoms with Crippen LogP contribution in [-0.2, 0) is 0 Å². The van der Waals surface area contributed by atoms with E-state index < -0.39 is 6.10 Å². The second kappa shape index (κ2) is 3.38. The molecule has 0 aliphatic heterocycles. The molecule has 0 fully saturated rings. The van der Waals surface area contributed by atoms with E-state index >= 15 is 0 Å². The Hall–Kier alpha value is -0.810. The van der Waals surface area contributed by atoms with Crippen molar-refractivity contribution in [3.05, 3.63) is 12.2 Å². The molecule has 7 heavy (non-hydrogen) atoms. The number of aliphatic hydroxyl groups excluding tert-OH is 1. The maximum atomic E-state index is 8.45. The van der Waals surface area contributed by atoms with Gasteiger partial charge in [-0.25, -0.2) is 0 Å². The molecule has 0 aliphatic rings. The first-order valence-corrected chi connectivity index (χ1v) is 2.01. The Morgan fingerprint density at radius 3 is 2.57 bits per heavy atom. The Labute approximate surface area is 42.7 Å².